The fourth-order valence-electron chi connectivity index (χ4n) is 4.72. The van der Waals surface area contributed by atoms with Crippen molar-refractivity contribution in [2.24, 2.45) is 11.8 Å². The molecule has 1 amide bonds. The molecule has 0 bridgehead atoms. The van der Waals surface area contributed by atoms with Gasteiger partial charge in [-0.1, -0.05) is 40.0 Å². The highest BCUT2D eigenvalue weighted by atomic mass is 16.2. The Hall–Kier alpha value is -0.570. The molecule has 3 unspecified atom stereocenters. The Bertz CT molecular complexity index is 373. The minimum absolute atomic E-state index is 0.193. The van der Waals surface area contributed by atoms with Crippen molar-refractivity contribution in [3.63, 3.8) is 0 Å². The van der Waals surface area contributed by atoms with Crippen molar-refractivity contribution in [2.45, 2.75) is 89.9 Å². The largest absolute Gasteiger partial charge is 0.322 e. The fraction of sp³-hybridized carbons (Fsp3) is 0.941. The van der Waals surface area contributed by atoms with E-state index in [1.54, 1.807) is 0 Å². The molecule has 1 spiro atoms. The van der Waals surface area contributed by atoms with Gasteiger partial charge in [0.05, 0.1) is 11.7 Å². The van der Waals surface area contributed by atoms with Crippen LogP contribution in [-0.4, -0.2) is 28.6 Å². The van der Waals surface area contributed by atoms with Crippen molar-refractivity contribution in [3.8, 4) is 0 Å². The summed E-state index contributed by atoms with van der Waals surface area (Å²) in [5.74, 6) is 1.74. The SMILES string of the molecule is CC(C)CC1NC2(CCCC2)C(=O)N1C1CCCC1C. The summed E-state index contributed by atoms with van der Waals surface area (Å²) in [6.45, 7) is 6.86. The second-order valence-electron chi connectivity index (χ2n) is 7.77. The molecule has 0 aromatic rings. The van der Waals surface area contributed by atoms with Gasteiger partial charge in [-0.3, -0.25) is 10.1 Å². The van der Waals surface area contributed by atoms with Crippen molar-refractivity contribution in [3.05, 3.63) is 0 Å². The molecule has 3 atom stereocenters. The Balaban J connectivity index is 1.85. The second-order valence-corrected chi connectivity index (χ2v) is 7.77. The lowest BCUT2D eigenvalue weighted by Crippen LogP contribution is -2.46. The van der Waals surface area contributed by atoms with E-state index in [-0.39, 0.29) is 11.7 Å². The monoisotopic (exact) mass is 278 g/mol. The molecule has 0 aromatic carbocycles. The zero-order valence-electron chi connectivity index (χ0n) is 13.3. The number of rotatable bonds is 3. The Kier molecular flexibility index (Phi) is 3.83. The summed E-state index contributed by atoms with van der Waals surface area (Å²) in [6.07, 6.45) is 9.69. The van der Waals surface area contributed by atoms with Crippen molar-refractivity contribution in [1.29, 1.82) is 0 Å². The van der Waals surface area contributed by atoms with Crippen LogP contribution in [0, 0.1) is 11.8 Å². The van der Waals surface area contributed by atoms with Gasteiger partial charge in [0.15, 0.2) is 0 Å². The Morgan fingerprint density at radius 2 is 1.95 bits per heavy atom. The third-order valence-corrected chi connectivity index (χ3v) is 5.75. The van der Waals surface area contributed by atoms with Crippen LogP contribution in [0.15, 0.2) is 0 Å². The van der Waals surface area contributed by atoms with Gasteiger partial charge in [0.25, 0.3) is 0 Å². The van der Waals surface area contributed by atoms with Crippen LogP contribution >= 0.6 is 0 Å². The number of amides is 1. The van der Waals surface area contributed by atoms with E-state index in [2.05, 4.69) is 31.0 Å². The smallest absolute Gasteiger partial charge is 0.244 e. The van der Waals surface area contributed by atoms with Crippen LogP contribution in [0.1, 0.15) is 72.1 Å². The van der Waals surface area contributed by atoms with E-state index in [9.17, 15) is 4.79 Å². The fourth-order valence-corrected chi connectivity index (χ4v) is 4.72. The number of nitrogens with zero attached hydrogens (tertiary/aromatic N) is 1. The van der Waals surface area contributed by atoms with E-state index in [0.29, 0.717) is 23.8 Å². The quantitative estimate of drug-likeness (QED) is 0.859. The third-order valence-electron chi connectivity index (χ3n) is 5.75. The first-order valence-electron chi connectivity index (χ1n) is 8.64. The molecule has 114 valence electrons. The van der Waals surface area contributed by atoms with E-state index in [1.165, 1.54) is 32.1 Å². The van der Waals surface area contributed by atoms with Crippen LogP contribution < -0.4 is 5.32 Å². The highest BCUT2D eigenvalue weighted by Gasteiger charge is 2.54. The summed E-state index contributed by atoms with van der Waals surface area (Å²) in [5, 5.41) is 3.77. The first-order valence-corrected chi connectivity index (χ1v) is 8.64. The lowest BCUT2D eigenvalue weighted by molar-refractivity contribution is -0.136. The van der Waals surface area contributed by atoms with E-state index < -0.39 is 0 Å². The number of carbonyl (C=O) groups excluding carboxylic acids is 1. The van der Waals surface area contributed by atoms with Crippen molar-refractivity contribution in [1.82, 2.24) is 10.2 Å². The normalized spacial score (nSPS) is 36.7. The van der Waals surface area contributed by atoms with Gasteiger partial charge in [-0.15, -0.1) is 0 Å². The molecule has 20 heavy (non-hydrogen) atoms. The molecule has 3 nitrogen and oxygen atoms in total. The van der Waals surface area contributed by atoms with Crippen LogP contribution in [0.2, 0.25) is 0 Å². The van der Waals surface area contributed by atoms with Crippen molar-refractivity contribution < 1.29 is 4.79 Å². The summed E-state index contributed by atoms with van der Waals surface area (Å²) in [5.41, 5.74) is -0.193. The van der Waals surface area contributed by atoms with Gasteiger partial charge in [-0.25, -0.2) is 0 Å². The van der Waals surface area contributed by atoms with Crippen LogP contribution in [0.4, 0.5) is 0 Å². The molecule has 2 aliphatic carbocycles. The average Bonchev–Trinajstić information content (AvgIpc) is 3.04. The van der Waals surface area contributed by atoms with Gasteiger partial charge >= 0.3 is 0 Å². The summed E-state index contributed by atoms with van der Waals surface area (Å²) in [7, 11) is 0. The molecule has 1 N–H and O–H groups in total. The lowest BCUT2D eigenvalue weighted by Gasteiger charge is -2.33. The molecular weight excluding hydrogens is 248 g/mol. The average molecular weight is 278 g/mol. The molecule has 3 fully saturated rings. The van der Waals surface area contributed by atoms with Gasteiger partial charge in [0, 0.05) is 6.04 Å². The molecule has 1 aliphatic heterocycles. The topological polar surface area (TPSA) is 32.3 Å². The standard InChI is InChI=1S/C17H30N2O/c1-12(2)11-15-18-17(9-4-5-10-17)16(20)19(15)14-8-6-7-13(14)3/h12-15,18H,4-11H2,1-3H3. The molecule has 0 aromatic heterocycles. The number of hydrogen-bond donors (Lipinski definition) is 1. The van der Waals surface area contributed by atoms with Crippen molar-refractivity contribution >= 4 is 5.91 Å². The number of nitrogens with one attached hydrogen (secondary N) is 1. The number of hydrogen-bond acceptors (Lipinski definition) is 2. The molecule has 3 aliphatic rings. The first-order chi connectivity index (χ1) is 9.53. The molecule has 2 saturated carbocycles. The molecule has 1 heterocycles. The third kappa shape index (κ3) is 2.28. The minimum Gasteiger partial charge on any atom is -0.322 e. The van der Waals surface area contributed by atoms with Crippen LogP contribution in [-0.2, 0) is 4.79 Å². The van der Waals surface area contributed by atoms with E-state index in [1.807, 2.05) is 0 Å². The first kappa shape index (κ1) is 14.4. The molecule has 0 radical (unpaired) electrons. The van der Waals surface area contributed by atoms with Gasteiger partial charge in [0.2, 0.25) is 5.91 Å². The van der Waals surface area contributed by atoms with E-state index in [4.69, 9.17) is 0 Å². The Morgan fingerprint density at radius 1 is 1.25 bits per heavy atom. The highest BCUT2D eigenvalue weighted by molar-refractivity contribution is 5.89. The zero-order valence-corrected chi connectivity index (χ0v) is 13.3. The molecule has 1 saturated heterocycles. The summed E-state index contributed by atoms with van der Waals surface area (Å²) < 4.78 is 0. The number of carbonyl (C=O) groups is 1. The minimum atomic E-state index is -0.193. The van der Waals surface area contributed by atoms with Gasteiger partial charge < -0.3 is 4.90 Å². The summed E-state index contributed by atoms with van der Waals surface area (Å²) >= 11 is 0. The van der Waals surface area contributed by atoms with E-state index in [0.717, 1.165) is 19.3 Å². The Morgan fingerprint density at radius 3 is 2.50 bits per heavy atom. The second kappa shape index (κ2) is 5.32. The maximum Gasteiger partial charge on any atom is 0.244 e. The molecule has 3 heteroatoms. The van der Waals surface area contributed by atoms with Gasteiger partial charge in [-0.05, 0) is 43.9 Å². The lowest BCUT2D eigenvalue weighted by atomic mass is 9.96. The van der Waals surface area contributed by atoms with Crippen LogP contribution in [0.25, 0.3) is 0 Å². The molecule has 3 rings (SSSR count). The van der Waals surface area contributed by atoms with E-state index >= 15 is 0 Å². The van der Waals surface area contributed by atoms with Gasteiger partial charge in [-0.2, -0.15) is 0 Å². The highest BCUT2D eigenvalue weighted by Crippen LogP contribution is 2.42. The summed E-state index contributed by atoms with van der Waals surface area (Å²) in [6, 6.07) is 0.485. The maximum atomic E-state index is 13.1. The summed E-state index contributed by atoms with van der Waals surface area (Å²) in [4.78, 5) is 15.4. The van der Waals surface area contributed by atoms with Crippen LogP contribution in [0.5, 0.6) is 0 Å². The Labute approximate surface area is 123 Å². The van der Waals surface area contributed by atoms with Crippen LogP contribution in [0.3, 0.4) is 0 Å². The van der Waals surface area contributed by atoms with Gasteiger partial charge in [0.1, 0.15) is 0 Å². The molecular formula is C17H30N2O. The van der Waals surface area contributed by atoms with Crippen molar-refractivity contribution in [2.75, 3.05) is 0 Å². The predicted molar refractivity (Wildman–Crippen MR) is 81.2 cm³/mol. The predicted octanol–water partition coefficient (Wildman–Crippen LogP) is 3.29. The maximum absolute atomic E-state index is 13.1. The zero-order chi connectivity index (χ0) is 14.3.